The average Bonchev–Trinajstić information content (AvgIpc) is 2.47. The number of carbonyl (C=O) groups is 1. The van der Waals surface area contributed by atoms with Gasteiger partial charge in [0.15, 0.2) is 0 Å². The summed E-state index contributed by atoms with van der Waals surface area (Å²) in [4.78, 5) is 19.4. The smallest absolute Gasteiger partial charge is 0.259 e. The first kappa shape index (κ1) is 12.5. The Labute approximate surface area is 120 Å². The van der Waals surface area contributed by atoms with Crippen molar-refractivity contribution in [1.29, 1.82) is 0 Å². The third kappa shape index (κ3) is 2.44. The van der Waals surface area contributed by atoms with Crippen LogP contribution >= 0.6 is 12.2 Å². The van der Waals surface area contributed by atoms with Gasteiger partial charge < -0.3 is 10.3 Å². The lowest BCUT2D eigenvalue weighted by molar-refractivity contribution is 0.102. The Kier molecular flexibility index (Phi) is 3.26. The fraction of sp³-hybridized carbons (Fsp3) is 0. The summed E-state index contributed by atoms with van der Waals surface area (Å²) >= 11 is 5.08. The van der Waals surface area contributed by atoms with E-state index in [2.05, 4.69) is 15.3 Å². The van der Waals surface area contributed by atoms with Crippen molar-refractivity contribution in [2.24, 2.45) is 0 Å². The highest BCUT2D eigenvalue weighted by molar-refractivity contribution is 7.71. The van der Waals surface area contributed by atoms with E-state index in [0.29, 0.717) is 16.0 Å². The number of pyridine rings is 2. The summed E-state index contributed by atoms with van der Waals surface area (Å²) in [7, 11) is 0. The van der Waals surface area contributed by atoms with Crippen molar-refractivity contribution in [2.45, 2.75) is 0 Å². The molecular formula is C15H11N3OS. The summed E-state index contributed by atoms with van der Waals surface area (Å²) in [6, 6.07) is 14.8. The molecule has 2 aromatic heterocycles. The number of nitrogens with one attached hydrogen (secondary N) is 2. The normalized spacial score (nSPS) is 10.4. The SMILES string of the molecule is O=C(Nc1ccc2ccccc2n1)c1ccc[nH]c1=S. The molecule has 0 saturated carbocycles. The predicted octanol–water partition coefficient (Wildman–Crippen LogP) is 3.54. The van der Waals surface area contributed by atoms with Crippen molar-refractivity contribution in [3.05, 3.63) is 64.9 Å². The minimum Gasteiger partial charge on any atom is -0.352 e. The van der Waals surface area contributed by atoms with Crippen molar-refractivity contribution in [3.8, 4) is 0 Å². The van der Waals surface area contributed by atoms with Crippen LogP contribution in [0.5, 0.6) is 0 Å². The number of benzene rings is 1. The Hall–Kier alpha value is -2.53. The van der Waals surface area contributed by atoms with Crippen molar-refractivity contribution >= 4 is 34.8 Å². The van der Waals surface area contributed by atoms with Crippen LogP contribution in [0.4, 0.5) is 5.82 Å². The highest BCUT2D eigenvalue weighted by Gasteiger charge is 2.08. The minimum absolute atomic E-state index is 0.269. The topological polar surface area (TPSA) is 57.8 Å². The zero-order chi connectivity index (χ0) is 13.9. The van der Waals surface area contributed by atoms with Gasteiger partial charge in [0.25, 0.3) is 5.91 Å². The standard InChI is InChI=1S/C15H11N3OS/c19-14(11-5-3-9-16-15(11)20)18-13-8-7-10-4-1-2-6-12(10)17-13/h1-9H,(H,16,20)(H,17,18,19). The molecule has 0 unspecified atom stereocenters. The van der Waals surface area contributed by atoms with Crippen LogP contribution in [0.3, 0.4) is 0 Å². The maximum Gasteiger partial charge on any atom is 0.259 e. The largest absolute Gasteiger partial charge is 0.352 e. The van der Waals surface area contributed by atoms with Crippen LogP contribution in [-0.4, -0.2) is 15.9 Å². The summed E-state index contributed by atoms with van der Waals surface area (Å²) in [6.07, 6.45) is 1.69. The first-order chi connectivity index (χ1) is 9.74. The molecule has 0 fully saturated rings. The second kappa shape index (κ2) is 5.22. The average molecular weight is 281 g/mol. The molecule has 98 valence electrons. The number of hydrogen-bond donors (Lipinski definition) is 2. The highest BCUT2D eigenvalue weighted by Crippen LogP contribution is 2.15. The number of H-pyrrole nitrogens is 1. The van der Waals surface area contributed by atoms with E-state index in [4.69, 9.17) is 12.2 Å². The van der Waals surface area contributed by atoms with E-state index in [1.54, 1.807) is 24.4 Å². The molecule has 0 saturated heterocycles. The molecule has 0 aliphatic heterocycles. The van der Waals surface area contributed by atoms with Crippen LogP contribution < -0.4 is 5.32 Å². The quantitative estimate of drug-likeness (QED) is 0.706. The first-order valence-electron chi connectivity index (χ1n) is 6.09. The van der Waals surface area contributed by atoms with Crippen LogP contribution in [0.15, 0.2) is 54.7 Å². The summed E-state index contributed by atoms with van der Waals surface area (Å²) in [6.45, 7) is 0. The highest BCUT2D eigenvalue weighted by atomic mass is 32.1. The zero-order valence-corrected chi connectivity index (χ0v) is 11.3. The van der Waals surface area contributed by atoms with Crippen molar-refractivity contribution in [2.75, 3.05) is 5.32 Å². The summed E-state index contributed by atoms with van der Waals surface area (Å²) < 4.78 is 0.408. The third-order valence-electron chi connectivity index (χ3n) is 2.90. The molecule has 1 amide bonds. The molecule has 20 heavy (non-hydrogen) atoms. The van der Waals surface area contributed by atoms with E-state index in [0.717, 1.165) is 10.9 Å². The molecule has 0 aliphatic carbocycles. The van der Waals surface area contributed by atoms with Gasteiger partial charge in [-0.25, -0.2) is 4.98 Å². The molecule has 0 spiro atoms. The summed E-state index contributed by atoms with van der Waals surface area (Å²) in [5.41, 5.74) is 1.26. The van der Waals surface area contributed by atoms with E-state index < -0.39 is 0 Å². The van der Waals surface area contributed by atoms with Gasteiger partial charge in [0.2, 0.25) is 0 Å². The lowest BCUT2D eigenvalue weighted by Crippen LogP contribution is -2.13. The van der Waals surface area contributed by atoms with Crippen LogP contribution in [0.25, 0.3) is 10.9 Å². The van der Waals surface area contributed by atoms with E-state index in [1.165, 1.54) is 0 Å². The van der Waals surface area contributed by atoms with Crippen LogP contribution in [-0.2, 0) is 0 Å². The lowest BCUT2D eigenvalue weighted by Gasteiger charge is -2.05. The number of aromatic nitrogens is 2. The van der Waals surface area contributed by atoms with Gasteiger partial charge in [-0.1, -0.05) is 30.4 Å². The van der Waals surface area contributed by atoms with Crippen LogP contribution in [0.2, 0.25) is 0 Å². The van der Waals surface area contributed by atoms with Gasteiger partial charge in [-0.3, -0.25) is 4.79 Å². The van der Waals surface area contributed by atoms with Gasteiger partial charge in [-0.2, -0.15) is 0 Å². The van der Waals surface area contributed by atoms with E-state index >= 15 is 0 Å². The Morgan fingerprint density at radius 2 is 1.95 bits per heavy atom. The maximum absolute atomic E-state index is 12.1. The van der Waals surface area contributed by atoms with Crippen LogP contribution in [0.1, 0.15) is 10.4 Å². The number of para-hydroxylation sites is 1. The number of carbonyl (C=O) groups excluding carboxylic acids is 1. The molecule has 4 nitrogen and oxygen atoms in total. The Bertz CT molecular complexity index is 841. The Balaban J connectivity index is 1.91. The molecule has 0 bridgehead atoms. The molecule has 0 aliphatic rings. The van der Waals surface area contributed by atoms with E-state index in [1.807, 2.05) is 30.3 Å². The first-order valence-corrected chi connectivity index (χ1v) is 6.50. The maximum atomic E-state index is 12.1. The van der Waals surface area contributed by atoms with E-state index in [-0.39, 0.29) is 5.91 Å². The van der Waals surface area contributed by atoms with Gasteiger partial charge in [0.1, 0.15) is 10.5 Å². The number of rotatable bonds is 2. The summed E-state index contributed by atoms with van der Waals surface area (Å²) in [5.74, 6) is 0.238. The number of anilines is 1. The van der Waals surface area contributed by atoms with Gasteiger partial charge in [0.05, 0.1) is 11.1 Å². The molecule has 1 aromatic carbocycles. The van der Waals surface area contributed by atoms with Crippen molar-refractivity contribution < 1.29 is 4.79 Å². The number of nitrogens with zero attached hydrogens (tertiary/aromatic N) is 1. The van der Waals surface area contributed by atoms with Gasteiger partial charge in [-0.15, -0.1) is 0 Å². The molecular weight excluding hydrogens is 270 g/mol. The fourth-order valence-corrected chi connectivity index (χ4v) is 2.15. The lowest BCUT2D eigenvalue weighted by atomic mass is 10.2. The fourth-order valence-electron chi connectivity index (χ4n) is 1.92. The third-order valence-corrected chi connectivity index (χ3v) is 3.24. The second-order valence-electron chi connectivity index (χ2n) is 4.26. The van der Waals surface area contributed by atoms with Gasteiger partial charge in [-0.05, 0) is 30.3 Å². The zero-order valence-electron chi connectivity index (χ0n) is 10.5. The van der Waals surface area contributed by atoms with Crippen molar-refractivity contribution in [1.82, 2.24) is 9.97 Å². The molecule has 2 N–H and O–H groups in total. The van der Waals surface area contributed by atoms with Crippen molar-refractivity contribution in [3.63, 3.8) is 0 Å². The molecule has 2 heterocycles. The summed E-state index contributed by atoms with van der Waals surface area (Å²) in [5, 5.41) is 3.78. The predicted molar refractivity (Wildman–Crippen MR) is 81.3 cm³/mol. The van der Waals surface area contributed by atoms with Gasteiger partial charge in [0, 0.05) is 11.6 Å². The number of hydrogen-bond acceptors (Lipinski definition) is 3. The Morgan fingerprint density at radius 3 is 2.80 bits per heavy atom. The number of amides is 1. The second-order valence-corrected chi connectivity index (χ2v) is 4.66. The molecule has 0 radical (unpaired) electrons. The molecule has 3 aromatic rings. The van der Waals surface area contributed by atoms with E-state index in [9.17, 15) is 4.79 Å². The number of aromatic amines is 1. The molecule has 5 heteroatoms. The van der Waals surface area contributed by atoms with Crippen LogP contribution in [0, 0.1) is 4.64 Å². The Morgan fingerprint density at radius 1 is 1.10 bits per heavy atom. The number of fused-ring (bicyclic) bond motifs is 1. The monoisotopic (exact) mass is 281 g/mol. The molecule has 0 atom stereocenters. The van der Waals surface area contributed by atoms with Gasteiger partial charge >= 0.3 is 0 Å². The minimum atomic E-state index is -0.269. The molecule has 3 rings (SSSR count).